The van der Waals surface area contributed by atoms with Gasteiger partial charge in [0.2, 0.25) is 0 Å². The fraction of sp³-hybridized carbons (Fsp3) is 0.375. The second kappa shape index (κ2) is 7.46. The van der Waals surface area contributed by atoms with E-state index in [1.807, 2.05) is 13.8 Å². The molecule has 1 unspecified atom stereocenters. The van der Waals surface area contributed by atoms with Gasteiger partial charge in [-0.25, -0.2) is 4.79 Å². The lowest BCUT2D eigenvalue weighted by atomic mass is 10.1. The molecule has 0 aromatic heterocycles. The molecule has 0 aliphatic rings. The molecule has 0 radical (unpaired) electrons. The van der Waals surface area contributed by atoms with Crippen LogP contribution in [0, 0.1) is 18.3 Å². The maximum Gasteiger partial charge on any atom is 0.327 e. The zero-order valence-electron chi connectivity index (χ0n) is 12.2. The SMILES string of the molecule is C#Cc1ccc(C(=O)N(CC(C)C)C(CN)C(=O)O)cc1. The summed E-state index contributed by atoms with van der Waals surface area (Å²) in [7, 11) is 0. The van der Waals surface area contributed by atoms with Gasteiger partial charge in [0, 0.05) is 24.2 Å². The molecular weight excluding hydrogens is 268 g/mol. The van der Waals surface area contributed by atoms with E-state index in [1.165, 1.54) is 4.90 Å². The molecule has 0 saturated heterocycles. The van der Waals surface area contributed by atoms with Gasteiger partial charge in [0.25, 0.3) is 5.91 Å². The molecule has 1 aromatic rings. The van der Waals surface area contributed by atoms with Crippen molar-refractivity contribution < 1.29 is 14.7 Å². The highest BCUT2D eigenvalue weighted by molar-refractivity contribution is 5.96. The average molecular weight is 288 g/mol. The molecule has 0 aliphatic heterocycles. The molecule has 1 amide bonds. The maximum atomic E-state index is 12.5. The minimum atomic E-state index is -1.10. The van der Waals surface area contributed by atoms with Gasteiger partial charge in [-0.2, -0.15) is 0 Å². The normalized spacial score (nSPS) is 11.8. The Morgan fingerprint density at radius 3 is 2.29 bits per heavy atom. The van der Waals surface area contributed by atoms with Gasteiger partial charge < -0.3 is 15.7 Å². The monoisotopic (exact) mass is 288 g/mol. The molecule has 0 spiro atoms. The van der Waals surface area contributed by atoms with Gasteiger partial charge in [0.1, 0.15) is 6.04 Å². The predicted molar refractivity (Wildman–Crippen MR) is 80.7 cm³/mol. The van der Waals surface area contributed by atoms with Crippen LogP contribution < -0.4 is 5.73 Å². The van der Waals surface area contributed by atoms with Crippen molar-refractivity contribution in [3.63, 3.8) is 0 Å². The van der Waals surface area contributed by atoms with E-state index in [2.05, 4.69) is 5.92 Å². The van der Waals surface area contributed by atoms with Gasteiger partial charge in [-0.1, -0.05) is 19.8 Å². The summed E-state index contributed by atoms with van der Waals surface area (Å²) < 4.78 is 0. The van der Waals surface area contributed by atoms with Crippen molar-refractivity contribution in [2.45, 2.75) is 19.9 Å². The van der Waals surface area contributed by atoms with Crippen molar-refractivity contribution in [2.75, 3.05) is 13.1 Å². The quantitative estimate of drug-likeness (QED) is 0.770. The van der Waals surface area contributed by atoms with E-state index < -0.39 is 12.0 Å². The lowest BCUT2D eigenvalue weighted by Crippen LogP contribution is -2.50. The van der Waals surface area contributed by atoms with Crippen molar-refractivity contribution in [3.05, 3.63) is 35.4 Å². The largest absolute Gasteiger partial charge is 0.480 e. The van der Waals surface area contributed by atoms with Crippen LogP contribution in [0.3, 0.4) is 0 Å². The summed E-state index contributed by atoms with van der Waals surface area (Å²) in [5.41, 5.74) is 6.57. The third-order valence-electron chi connectivity index (χ3n) is 3.01. The van der Waals surface area contributed by atoms with Crippen LogP contribution >= 0.6 is 0 Å². The molecule has 3 N–H and O–H groups in total. The van der Waals surface area contributed by atoms with E-state index in [4.69, 9.17) is 12.2 Å². The third kappa shape index (κ3) is 4.33. The van der Waals surface area contributed by atoms with Crippen LogP contribution in [0.15, 0.2) is 24.3 Å². The average Bonchev–Trinajstić information content (AvgIpc) is 2.45. The van der Waals surface area contributed by atoms with Gasteiger partial charge in [-0.05, 0) is 30.2 Å². The Bertz CT molecular complexity index is 544. The standard InChI is InChI=1S/C16H20N2O3/c1-4-12-5-7-13(8-6-12)15(19)18(10-11(2)3)14(9-17)16(20)21/h1,5-8,11,14H,9-10,17H2,2-3H3,(H,20,21). The first-order chi connectivity index (χ1) is 9.90. The van der Waals surface area contributed by atoms with Gasteiger partial charge >= 0.3 is 5.97 Å². The molecule has 1 rings (SSSR count). The molecule has 0 heterocycles. The van der Waals surface area contributed by atoms with Gasteiger partial charge in [0.05, 0.1) is 0 Å². The number of terminal acetylenes is 1. The number of carbonyl (C=O) groups is 2. The first kappa shape index (κ1) is 16.7. The number of rotatable bonds is 6. The second-order valence-electron chi connectivity index (χ2n) is 5.16. The molecule has 1 aromatic carbocycles. The van der Waals surface area contributed by atoms with E-state index >= 15 is 0 Å². The van der Waals surface area contributed by atoms with Crippen LogP contribution in [0.2, 0.25) is 0 Å². The smallest absolute Gasteiger partial charge is 0.327 e. The number of hydrogen-bond acceptors (Lipinski definition) is 3. The van der Waals surface area contributed by atoms with Gasteiger partial charge in [0.15, 0.2) is 0 Å². The topological polar surface area (TPSA) is 83.6 Å². The van der Waals surface area contributed by atoms with E-state index in [0.29, 0.717) is 17.7 Å². The Kier molecular flexibility index (Phi) is 5.94. The van der Waals surface area contributed by atoms with Crippen molar-refractivity contribution in [3.8, 4) is 12.3 Å². The lowest BCUT2D eigenvalue weighted by molar-refractivity contribution is -0.142. The number of amides is 1. The predicted octanol–water partition coefficient (Wildman–Crippen LogP) is 1.18. The Labute approximate surface area is 124 Å². The Hall–Kier alpha value is -2.32. The molecule has 0 fully saturated rings. The summed E-state index contributed by atoms with van der Waals surface area (Å²) in [4.78, 5) is 25.1. The van der Waals surface area contributed by atoms with Crippen molar-refractivity contribution in [1.82, 2.24) is 4.90 Å². The molecule has 5 nitrogen and oxygen atoms in total. The van der Waals surface area contributed by atoms with E-state index in [-0.39, 0.29) is 18.4 Å². The number of carboxylic acids is 1. The molecule has 5 heteroatoms. The number of aliphatic carboxylic acids is 1. The summed E-state index contributed by atoms with van der Waals surface area (Å²) in [6, 6.07) is 5.46. The number of nitrogens with two attached hydrogens (primary N) is 1. The second-order valence-corrected chi connectivity index (χ2v) is 5.16. The summed E-state index contributed by atoms with van der Waals surface area (Å²) >= 11 is 0. The summed E-state index contributed by atoms with van der Waals surface area (Å²) in [6.45, 7) is 4.02. The lowest BCUT2D eigenvalue weighted by Gasteiger charge is -2.29. The van der Waals surface area contributed by atoms with E-state index in [9.17, 15) is 14.7 Å². The fourth-order valence-corrected chi connectivity index (χ4v) is 1.98. The minimum absolute atomic E-state index is 0.129. The summed E-state index contributed by atoms with van der Waals surface area (Å²) in [6.07, 6.45) is 5.27. The molecule has 0 aliphatic carbocycles. The van der Waals surface area contributed by atoms with Gasteiger partial charge in [-0.3, -0.25) is 4.79 Å². The highest BCUT2D eigenvalue weighted by atomic mass is 16.4. The van der Waals surface area contributed by atoms with Crippen LogP contribution in [0.4, 0.5) is 0 Å². The molecule has 1 atom stereocenters. The maximum absolute atomic E-state index is 12.5. The van der Waals surface area contributed by atoms with Crippen LogP contribution in [-0.2, 0) is 4.79 Å². The number of nitrogens with zero attached hydrogens (tertiary/aromatic N) is 1. The molecule has 112 valence electrons. The first-order valence-corrected chi connectivity index (χ1v) is 6.71. The van der Waals surface area contributed by atoms with E-state index in [0.717, 1.165) is 0 Å². The first-order valence-electron chi connectivity index (χ1n) is 6.71. The minimum Gasteiger partial charge on any atom is -0.480 e. The number of carboxylic acid groups (broad SMARTS) is 1. The van der Waals surface area contributed by atoms with Crippen LogP contribution in [0.5, 0.6) is 0 Å². The number of carbonyl (C=O) groups excluding carboxylic acids is 1. The zero-order chi connectivity index (χ0) is 16.0. The van der Waals surface area contributed by atoms with E-state index in [1.54, 1.807) is 24.3 Å². The van der Waals surface area contributed by atoms with Crippen molar-refractivity contribution >= 4 is 11.9 Å². The third-order valence-corrected chi connectivity index (χ3v) is 3.01. The molecule has 0 bridgehead atoms. The zero-order valence-corrected chi connectivity index (χ0v) is 12.2. The highest BCUT2D eigenvalue weighted by Gasteiger charge is 2.29. The van der Waals surface area contributed by atoms with Gasteiger partial charge in [-0.15, -0.1) is 6.42 Å². The van der Waals surface area contributed by atoms with Crippen molar-refractivity contribution in [1.29, 1.82) is 0 Å². The van der Waals surface area contributed by atoms with Crippen LogP contribution in [0.1, 0.15) is 29.8 Å². The van der Waals surface area contributed by atoms with Crippen LogP contribution in [-0.4, -0.2) is 41.0 Å². The fourth-order valence-electron chi connectivity index (χ4n) is 1.98. The molecular formula is C16H20N2O3. The molecule has 0 saturated carbocycles. The Morgan fingerprint density at radius 2 is 1.90 bits per heavy atom. The Balaban J connectivity index is 3.09. The molecule has 21 heavy (non-hydrogen) atoms. The highest BCUT2D eigenvalue weighted by Crippen LogP contribution is 2.12. The summed E-state index contributed by atoms with van der Waals surface area (Å²) in [5.74, 6) is 1.14. The Morgan fingerprint density at radius 1 is 1.33 bits per heavy atom. The summed E-state index contributed by atoms with van der Waals surface area (Å²) in [5, 5.41) is 9.23. The van der Waals surface area contributed by atoms with Crippen LogP contribution in [0.25, 0.3) is 0 Å². The van der Waals surface area contributed by atoms with Crippen molar-refractivity contribution in [2.24, 2.45) is 11.7 Å². The number of benzene rings is 1. The number of hydrogen-bond donors (Lipinski definition) is 2.